The molecule has 1 N–H and O–H groups in total. The zero-order chi connectivity index (χ0) is 10.8. The summed E-state index contributed by atoms with van der Waals surface area (Å²) in [6.45, 7) is 3.73. The zero-order valence-corrected chi connectivity index (χ0v) is 10.8. The molecule has 2 rings (SSSR count). The Bertz CT molecular complexity index is 330. The minimum Gasteiger partial charge on any atom is -0.393 e. The van der Waals surface area contributed by atoms with Gasteiger partial charge in [-0.2, -0.15) is 0 Å². The predicted molar refractivity (Wildman–Crippen MR) is 66.7 cm³/mol. The van der Waals surface area contributed by atoms with Crippen molar-refractivity contribution in [3.63, 3.8) is 0 Å². The molecule has 1 aromatic rings. The van der Waals surface area contributed by atoms with Gasteiger partial charge < -0.3 is 10.0 Å². The lowest BCUT2D eigenvalue weighted by molar-refractivity contribution is 0.0966. The Labute approximate surface area is 103 Å². The fourth-order valence-corrected chi connectivity index (χ4v) is 2.06. The highest BCUT2D eigenvalue weighted by Gasteiger charge is 2.25. The number of aliphatic hydroxyl groups is 1. The smallest absolute Gasteiger partial charge is 0.225 e. The van der Waals surface area contributed by atoms with Crippen molar-refractivity contribution in [3.05, 3.63) is 16.0 Å². The van der Waals surface area contributed by atoms with Crippen molar-refractivity contribution in [1.29, 1.82) is 0 Å². The first kappa shape index (κ1) is 11.1. The van der Waals surface area contributed by atoms with E-state index in [-0.39, 0.29) is 6.10 Å². The van der Waals surface area contributed by atoms with Crippen LogP contribution in [0.5, 0.6) is 0 Å². The highest BCUT2D eigenvalue weighted by molar-refractivity contribution is 14.1. The van der Waals surface area contributed by atoms with E-state index in [9.17, 15) is 5.11 Å². The van der Waals surface area contributed by atoms with Crippen LogP contribution in [0, 0.1) is 9.49 Å². The number of piperidine rings is 1. The molecule has 5 heteroatoms. The third-order valence-corrected chi connectivity index (χ3v) is 3.31. The molecule has 1 aromatic heterocycles. The van der Waals surface area contributed by atoms with Crippen LogP contribution in [0.2, 0.25) is 0 Å². The van der Waals surface area contributed by atoms with Gasteiger partial charge in [0, 0.05) is 29.1 Å². The fraction of sp³-hybridized carbons (Fsp3) is 0.600. The van der Waals surface area contributed by atoms with Gasteiger partial charge in [-0.3, -0.25) is 0 Å². The zero-order valence-electron chi connectivity index (χ0n) is 8.60. The van der Waals surface area contributed by atoms with Crippen LogP contribution in [0.1, 0.15) is 13.3 Å². The molecule has 1 fully saturated rings. The van der Waals surface area contributed by atoms with Crippen LogP contribution in [-0.4, -0.2) is 34.3 Å². The molecule has 1 aliphatic heterocycles. The summed E-state index contributed by atoms with van der Waals surface area (Å²) in [5, 5.41) is 9.62. The summed E-state index contributed by atoms with van der Waals surface area (Å²) in [7, 11) is 0. The summed E-state index contributed by atoms with van der Waals surface area (Å²) in [5.74, 6) is 1.07. The van der Waals surface area contributed by atoms with Gasteiger partial charge in [-0.15, -0.1) is 0 Å². The van der Waals surface area contributed by atoms with E-state index in [2.05, 4.69) is 44.4 Å². The van der Waals surface area contributed by atoms with Crippen molar-refractivity contribution in [2.45, 2.75) is 19.4 Å². The largest absolute Gasteiger partial charge is 0.393 e. The third-order valence-electron chi connectivity index (χ3n) is 2.75. The topological polar surface area (TPSA) is 49.2 Å². The number of anilines is 1. The minimum atomic E-state index is -0.176. The van der Waals surface area contributed by atoms with E-state index in [1.165, 1.54) is 0 Å². The molecule has 0 aliphatic carbocycles. The Kier molecular flexibility index (Phi) is 3.40. The molecule has 0 saturated carbocycles. The molecule has 2 heterocycles. The number of nitrogens with zero attached hydrogens (tertiary/aromatic N) is 3. The molecule has 0 amide bonds. The van der Waals surface area contributed by atoms with E-state index in [0.717, 1.165) is 29.0 Å². The molecular formula is C10H14IN3O. The highest BCUT2D eigenvalue weighted by Crippen LogP contribution is 2.20. The first-order valence-corrected chi connectivity index (χ1v) is 6.15. The second-order valence-corrected chi connectivity index (χ2v) is 5.23. The number of aromatic nitrogens is 2. The molecule has 4 nitrogen and oxygen atoms in total. The second kappa shape index (κ2) is 4.61. The summed E-state index contributed by atoms with van der Waals surface area (Å²) in [6.07, 6.45) is 4.26. The molecule has 1 saturated heterocycles. The molecular weight excluding hydrogens is 305 g/mol. The van der Waals surface area contributed by atoms with Gasteiger partial charge in [-0.25, -0.2) is 9.97 Å². The Morgan fingerprint density at radius 3 is 2.73 bits per heavy atom. The van der Waals surface area contributed by atoms with Crippen LogP contribution in [0.3, 0.4) is 0 Å². The molecule has 0 radical (unpaired) electrons. The van der Waals surface area contributed by atoms with Gasteiger partial charge in [0.1, 0.15) is 0 Å². The summed E-state index contributed by atoms with van der Waals surface area (Å²) < 4.78 is 1.04. The van der Waals surface area contributed by atoms with E-state index in [4.69, 9.17) is 0 Å². The quantitative estimate of drug-likeness (QED) is 0.793. The number of rotatable bonds is 1. The summed E-state index contributed by atoms with van der Waals surface area (Å²) in [6, 6.07) is 0. The van der Waals surface area contributed by atoms with Gasteiger partial charge in [-0.1, -0.05) is 6.92 Å². The summed E-state index contributed by atoms with van der Waals surface area (Å²) >= 11 is 2.19. The van der Waals surface area contributed by atoms with Crippen molar-refractivity contribution in [2.75, 3.05) is 18.0 Å². The lowest BCUT2D eigenvalue weighted by Gasteiger charge is -2.34. The lowest BCUT2D eigenvalue weighted by Crippen LogP contribution is -2.42. The Hall–Kier alpha value is -0.430. The van der Waals surface area contributed by atoms with Crippen LogP contribution in [0.15, 0.2) is 12.4 Å². The molecule has 2 unspecified atom stereocenters. The number of aliphatic hydroxyl groups excluding tert-OH is 1. The monoisotopic (exact) mass is 319 g/mol. The third kappa shape index (κ3) is 2.57. The van der Waals surface area contributed by atoms with E-state index in [1.54, 1.807) is 0 Å². The molecule has 15 heavy (non-hydrogen) atoms. The number of hydrogen-bond donors (Lipinski definition) is 1. The second-order valence-electron chi connectivity index (χ2n) is 3.98. The molecule has 0 aromatic carbocycles. The van der Waals surface area contributed by atoms with E-state index >= 15 is 0 Å². The number of halogens is 1. The van der Waals surface area contributed by atoms with Crippen molar-refractivity contribution >= 4 is 28.5 Å². The molecule has 1 aliphatic rings. The van der Waals surface area contributed by atoms with Crippen LogP contribution < -0.4 is 4.90 Å². The Morgan fingerprint density at radius 2 is 2.13 bits per heavy atom. The average Bonchev–Trinajstić information content (AvgIpc) is 2.23. The predicted octanol–water partition coefficient (Wildman–Crippen LogP) is 1.29. The fourth-order valence-electron chi connectivity index (χ4n) is 1.78. The van der Waals surface area contributed by atoms with Crippen molar-refractivity contribution in [1.82, 2.24) is 9.97 Å². The van der Waals surface area contributed by atoms with Crippen molar-refractivity contribution in [3.8, 4) is 0 Å². The van der Waals surface area contributed by atoms with Gasteiger partial charge in [0.15, 0.2) is 0 Å². The lowest BCUT2D eigenvalue weighted by atomic mass is 9.97. The first-order chi connectivity index (χ1) is 7.16. The summed E-state index contributed by atoms with van der Waals surface area (Å²) in [4.78, 5) is 10.7. The van der Waals surface area contributed by atoms with Crippen molar-refractivity contribution < 1.29 is 5.11 Å². The van der Waals surface area contributed by atoms with Crippen molar-refractivity contribution in [2.24, 2.45) is 5.92 Å². The van der Waals surface area contributed by atoms with Gasteiger partial charge in [-0.05, 0) is 34.9 Å². The number of hydrogen-bond acceptors (Lipinski definition) is 4. The molecule has 0 spiro atoms. The van der Waals surface area contributed by atoms with E-state index in [0.29, 0.717) is 5.92 Å². The van der Waals surface area contributed by atoms with E-state index in [1.807, 2.05) is 12.4 Å². The van der Waals surface area contributed by atoms with Gasteiger partial charge in [0.05, 0.1) is 6.10 Å². The average molecular weight is 319 g/mol. The minimum absolute atomic E-state index is 0.176. The van der Waals surface area contributed by atoms with Gasteiger partial charge in [0.25, 0.3) is 0 Å². The maximum atomic E-state index is 9.62. The van der Waals surface area contributed by atoms with Gasteiger partial charge >= 0.3 is 0 Å². The molecule has 82 valence electrons. The van der Waals surface area contributed by atoms with E-state index < -0.39 is 0 Å². The summed E-state index contributed by atoms with van der Waals surface area (Å²) in [5.41, 5.74) is 0. The van der Waals surface area contributed by atoms with Gasteiger partial charge in [0.2, 0.25) is 5.95 Å². The first-order valence-electron chi connectivity index (χ1n) is 5.07. The highest BCUT2D eigenvalue weighted by atomic mass is 127. The van der Waals surface area contributed by atoms with Crippen LogP contribution in [-0.2, 0) is 0 Å². The molecule has 2 atom stereocenters. The van der Waals surface area contributed by atoms with Crippen LogP contribution >= 0.6 is 22.6 Å². The van der Waals surface area contributed by atoms with Crippen LogP contribution in [0.4, 0.5) is 5.95 Å². The molecule has 0 bridgehead atoms. The van der Waals surface area contributed by atoms with Crippen LogP contribution in [0.25, 0.3) is 0 Å². The Balaban J connectivity index is 2.08. The Morgan fingerprint density at radius 1 is 1.47 bits per heavy atom. The maximum absolute atomic E-state index is 9.62. The SMILES string of the molecule is CC1CN(c2ncc(I)cn2)CCC1O. The normalized spacial score (nSPS) is 26.7. The maximum Gasteiger partial charge on any atom is 0.225 e. The standard InChI is InChI=1S/C10H14IN3O/c1-7-6-14(3-2-9(7)15)10-12-4-8(11)5-13-10/h4-5,7,9,15H,2-3,6H2,1H3.